The summed E-state index contributed by atoms with van der Waals surface area (Å²) in [6, 6.07) is 0. The number of hydrogen-bond donors (Lipinski definition) is 3. The van der Waals surface area contributed by atoms with Crippen molar-refractivity contribution in [3.8, 4) is 0 Å². The normalized spacial score (nSPS) is 15.5. The zero-order chi connectivity index (χ0) is 9.10. The molecule has 2 rings (SSSR count). The molecule has 1 aliphatic rings. The summed E-state index contributed by atoms with van der Waals surface area (Å²) in [6.07, 6.45) is 5.94. The lowest BCUT2D eigenvalue weighted by Gasteiger charge is -2.04. The SMILES string of the molecule is NNc1cncc(NCC2CC2)n1. The minimum Gasteiger partial charge on any atom is -0.368 e. The molecule has 0 amide bonds. The van der Waals surface area contributed by atoms with E-state index in [0.29, 0.717) is 5.82 Å². The van der Waals surface area contributed by atoms with Gasteiger partial charge in [-0.2, -0.15) is 0 Å². The number of rotatable bonds is 4. The molecule has 0 radical (unpaired) electrons. The summed E-state index contributed by atoms with van der Waals surface area (Å²) in [7, 11) is 0. The minimum absolute atomic E-state index is 0.584. The van der Waals surface area contributed by atoms with Crippen molar-refractivity contribution in [2.24, 2.45) is 11.8 Å². The average Bonchev–Trinajstić information content (AvgIpc) is 2.99. The number of nitrogens with one attached hydrogen (secondary N) is 2. The van der Waals surface area contributed by atoms with Crippen molar-refractivity contribution in [3.63, 3.8) is 0 Å². The predicted molar refractivity (Wildman–Crippen MR) is 51.1 cm³/mol. The van der Waals surface area contributed by atoms with Crippen molar-refractivity contribution in [3.05, 3.63) is 12.4 Å². The Morgan fingerprint density at radius 2 is 2.15 bits per heavy atom. The van der Waals surface area contributed by atoms with Gasteiger partial charge in [0.25, 0.3) is 0 Å². The third-order valence-electron chi connectivity index (χ3n) is 2.05. The van der Waals surface area contributed by atoms with Crippen LogP contribution in [0.5, 0.6) is 0 Å². The van der Waals surface area contributed by atoms with Gasteiger partial charge in [-0.05, 0) is 18.8 Å². The first-order chi connectivity index (χ1) is 6.38. The summed E-state index contributed by atoms with van der Waals surface area (Å²) in [5.41, 5.74) is 2.46. The topological polar surface area (TPSA) is 75.9 Å². The molecule has 1 heterocycles. The van der Waals surface area contributed by atoms with Gasteiger partial charge in [0.05, 0.1) is 12.4 Å². The zero-order valence-corrected chi connectivity index (χ0v) is 7.33. The van der Waals surface area contributed by atoms with E-state index in [1.165, 1.54) is 12.8 Å². The van der Waals surface area contributed by atoms with E-state index in [9.17, 15) is 0 Å². The number of nitrogen functional groups attached to an aromatic ring is 1. The van der Waals surface area contributed by atoms with Crippen LogP contribution >= 0.6 is 0 Å². The van der Waals surface area contributed by atoms with E-state index in [1.807, 2.05) is 0 Å². The molecule has 70 valence electrons. The van der Waals surface area contributed by atoms with Crippen LogP contribution in [-0.2, 0) is 0 Å². The Bertz CT molecular complexity index is 284. The zero-order valence-electron chi connectivity index (χ0n) is 7.33. The quantitative estimate of drug-likeness (QED) is 0.465. The summed E-state index contributed by atoms with van der Waals surface area (Å²) in [5.74, 6) is 7.40. The first-order valence-electron chi connectivity index (χ1n) is 4.41. The van der Waals surface area contributed by atoms with Gasteiger partial charge in [-0.1, -0.05) is 0 Å². The highest BCUT2D eigenvalue weighted by atomic mass is 15.3. The number of hydrogen-bond acceptors (Lipinski definition) is 5. The lowest BCUT2D eigenvalue weighted by atomic mass is 10.4. The molecule has 4 N–H and O–H groups in total. The van der Waals surface area contributed by atoms with Crippen LogP contribution in [0.1, 0.15) is 12.8 Å². The molecule has 1 aromatic rings. The van der Waals surface area contributed by atoms with Gasteiger partial charge in [0, 0.05) is 6.54 Å². The molecule has 0 aromatic carbocycles. The summed E-state index contributed by atoms with van der Waals surface area (Å²) in [6.45, 7) is 0.989. The first kappa shape index (κ1) is 8.25. The van der Waals surface area contributed by atoms with Crippen LogP contribution in [0.15, 0.2) is 12.4 Å². The molecule has 1 saturated carbocycles. The Morgan fingerprint density at radius 3 is 2.85 bits per heavy atom. The molecule has 0 atom stereocenters. The van der Waals surface area contributed by atoms with Gasteiger partial charge < -0.3 is 10.7 Å². The first-order valence-corrected chi connectivity index (χ1v) is 4.41. The van der Waals surface area contributed by atoms with Gasteiger partial charge in [-0.15, -0.1) is 0 Å². The third-order valence-corrected chi connectivity index (χ3v) is 2.05. The van der Waals surface area contributed by atoms with Crippen LogP contribution in [0.3, 0.4) is 0 Å². The van der Waals surface area contributed by atoms with Crippen LogP contribution in [-0.4, -0.2) is 16.5 Å². The van der Waals surface area contributed by atoms with Crippen LogP contribution in [0.25, 0.3) is 0 Å². The van der Waals surface area contributed by atoms with E-state index < -0.39 is 0 Å². The van der Waals surface area contributed by atoms with Crippen molar-refractivity contribution < 1.29 is 0 Å². The molecule has 13 heavy (non-hydrogen) atoms. The summed E-state index contributed by atoms with van der Waals surface area (Å²) in [4.78, 5) is 8.17. The van der Waals surface area contributed by atoms with Gasteiger partial charge in [0.2, 0.25) is 0 Å². The molecular weight excluding hydrogens is 166 g/mol. The molecule has 5 heteroatoms. The Labute approximate surface area is 76.7 Å². The highest BCUT2D eigenvalue weighted by Gasteiger charge is 2.20. The van der Waals surface area contributed by atoms with Gasteiger partial charge in [-0.3, -0.25) is 4.98 Å². The van der Waals surface area contributed by atoms with Crippen molar-refractivity contribution in [1.29, 1.82) is 0 Å². The highest BCUT2D eigenvalue weighted by molar-refractivity contribution is 5.40. The van der Waals surface area contributed by atoms with Gasteiger partial charge in [-0.25, -0.2) is 10.8 Å². The second-order valence-corrected chi connectivity index (χ2v) is 3.26. The van der Waals surface area contributed by atoms with Gasteiger partial charge >= 0.3 is 0 Å². The fourth-order valence-electron chi connectivity index (χ4n) is 1.09. The van der Waals surface area contributed by atoms with Crippen molar-refractivity contribution >= 4 is 11.6 Å². The van der Waals surface area contributed by atoms with Crippen molar-refractivity contribution in [1.82, 2.24) is 9.97 Å². The molecular formula is C8H13N5. The number of nitrogens with zero attached hydrogens (tertiary/aromatic N) is 2. The maximum absolute atomic E-state index is 5.21. The Balaban J connectivity index is 1.93. The molecule has 0 bridgehead atoms. The van der Waals surface area contributed by atoms with E-state index in [-0.39, 0.29) is 0 Å². The van der Waals surface area contributed by atoms with Gasteiger partial charge in [0.15, 0.2) is 5.82 Å². The smallest absolute Gasteiger partial charge is 0.160 e. The predicted octanol–water partition coefficient (Wildman–Crippen LogP) is 0.584. The van der Waals surface area contributed by atoms with Crippen LogP contribution in [0.2, 0.25) is 0 Å². The van der Waals surface area contributed by atoms with E-state index >= 15 is 0 Å². The Morgan fingerprint density at radius 1 is 1.38 bits per heavy atom. The second-order valence-electron chi connectivity index (χ2n) is 3.26. The molecule has 5 nitrogen and oxygen atoms in total. The van der Waals surface area contributed by atoms with Gasteiger partial charge in [0.1, 0.15) is 5.82 Å². The maximum Gasteiger partial charge on any atom is 0.160 e. The Hall–Kier alpha value is -1.36. The molecule has 1 aliphatic carbocycles. The molecule has 1 fully saturated rings. The largest absolute Gasteiger partial charge is 0.368 e. The number of anilines is 2. The molecule has 0 saturated heterocycles. The van der Waals surface area contributed by atoms with E-state index in [1.54, 1.807) is 12.4 Å². The maximum atomic E-state index is 5.21. The van der Waals surface area contributed by atoms with E-state index in [4.69, 9.17) is 5.84 Å². The molecule has 0 aliphatic heterocycles. The van der Waals surface area contributed by atoms with Crippen LogP contribution in [0.4, 0.5) is 11.6 Å². The minimum atomic E-state index is 0.584. The van der Waals surface area contributed by atoms with Crippen LogP contribution in [0, 0.1) is 5.92 Å². The number of nitrogens with two attached hydrogens (primary N) is 1. The number of aromatic nitrogens is 2. The second kappa shape index (κ2) is 3.57. The molecule has 0 unspecified atom stereocenters. The van der Waals surface area contributed by atoms with Crippen molar-refractivity contribution in [2.75, 3.05) is 17.3 Å². The monoisotopic (exact) mass is 179 g/mol. The third kappa shape index (κ3) is 2.29. The number of hydrazine groups is 1. The fraction of sp³-hybridized carbons (Fsp3) is 0.500. The fourth-order valence-corrected chi connectivity index (χ4v) is 1.09. The van der Waals surface area contributed by atoms with Crippen molar-refractivity contribution in [2.45, 2.75) is 12.8 Å². The lowest BCUT2D eigenvalue weighted by Crippen LogP contribution is -2.11. The van der Waals surface area contributed by atoms with Crippen LogP contribution < -0.4 is 16.6 Å². The molecule has 1 aromatic heterocycles. The summed E-state index contributed by atoms with van der Waals surface area (Å²) in [5, 5.41) is 3.21. The average molecular weight is 179 g/mol. The lowest BCUT2D eigenvalue weighted by molar-refractivity contribution is 0.881. The molecule has 0 spiro atoms. The summed E-state index contributed by atoms with van der Waals surface area (Å²) >= 11 is 0. The highest BCUT2D eigenvalue weighted by Crippen LogP contribution is 2.28. The van der Waals surface area contributed by atoms with E-state index in [2.05, 4.69) is 20.7 Å². The Kier molecular flexibility index (Phi) is 2.27. The van der Waals surface area contributed by atoms with E-state index in [0.717, 1.165) is 18.3 Å². The standard InChI is InChI=1S/C8H13N5/c9-13-8-5-10-4-7(12-8)11-3-6-1-2-6/h4-6H,1-3,9H2,(H2,11,12,13). The summed E-state index contributed by atoms with van der Waals surface area (Å²) < 4.78 is 0.